The summed E-state index contributed by atoms with van der Waals surface area (Å²) in [6.45, 7) is 1.87. The first kappa shape index (κ1) is 22.1. The number of carbonyl (C=O) groups excluding carboxylic acids is 2. The molecule has 0 aliphatic rings. The van der Waals surface area contributed by atoms with Crippen molar-refractivity contribution in [3.8, 4) is 22.8 Å². The van der Waals surface area contributed by atoms with Crippen molar-refractivity contribution in [2.75, 3.05) is 27.4 Å². The molecule has 7 heteroatoms. The molecule has 0 fully saturated rings. The molecule has 0 bridgehead atoms. The van der Waals surface area contributed by atoms with Crippen LogP contribution in [0.4, 0.5) is 0 Å². The number of hydrogen-bond donors (Lipinski definition) is 0. The van der Waals surface area contributed by atoms with Crippen LogP contribution >= 0.6 is 0 Å². The van der Waals surface area contributed by atoms with E-state index in [0.717, 1.165) is 18.4 Å². The molecule has 0 saturated heterocycles. The van der Waals surface area contributed by atoms with Gasteiger partial charge in [-0.05, 0) is 36.8 Å². The number of esters is 2. The van der Waals surface area contributed by atoms with Gasteiger partial charge in [0.1, 0.15) is 0 Å². The van der Waals surface area contributed by atoms with Crippen LogP contribution in [0.3, 0.4) is 0 Å². The molecule has 0 aliphatic heterocycles. The molecule has 0 spiro atoms. The van der Waals surface area contributed by atoms with E-state index in [1.807, 2.05) is 31.2 Å². The van der Waals surface area contributed by atoms with Crippen LogP contribution in [0.5, 0.6) is 11.5 Å². The fourth-order valence-electron chi connectivity index (χ4n) is 3.06. The van der Waals surface area contributed by atoms with E-state index in [2.05, 4.69) is 4.98 Å². The van der Waals surface area contributed by atoms with E-state index in [1.165, 1.54) is 0 Å². The van der Waals surface area contributed by atoms with E-state index in [-0.39, 0.29) is 0 Å². The number of nitrogens with zero attached hydrogens (tertiary/aromatic N) is 1. The Morgan fingerprint density at radius 3 is 2.45 bits per heavy atom. The lowest BCUT2D eigenvalue weighted by Crippen LogP contribution is -2.17. The highest BCUT2D eigenvalue weighted by Gasteiger charge is 2.17. The van der Waals surface area contributed by atoms with Crippen molar-refractivity contribution in [1.29, 1.82) is 0 Å². The molecule has 0 N–H and O–H groups in total. The van der Waals surface area contributed by atoms with Gasteiger partial charge in [-0.15, -0.1) is 0 Å². The van der Waals surface area contributed by atoms with Crippen molar-refractivity contribution in [1.82, 2.24) is 4.98 Å². The zero-order chi connectivity index (χ0) is 22.2. The molecule has 0 amide bonds. The Kier molecular flexibility index (Phi) is 7.43. The highest BCUT2D eigenvalue weighted by molar-refractivity contribution is 6.05. The maximum atomic E-state index is 12.8. The Morgan fingerprint density at radius 1 is 0.935 bits per heavy atom. The monoisotopic (exact) mass is 423 g/mol. The van der Waals surface area contributed by atoms with Crippen LogP contribution in [-0.4, -0.2) is 44.4 Å². The smallest absolute Gasteiger partial charge is 0.344 e. The average Bonchev–Trinajstić information content (AvgIpc) is 2.81. The molecule has 31 heavy (non-hydrogen) atoms. The molecule has 3 aromatic rings. The predicted molar refractivity (Wildman–Crippen MR) is 116 cm³/mol. The number of pyridine rings is 1. The van der Waals surface area contributed by atoms with E-state index in [0.29, 0.717) is 40.3 Å². The molecular formula is C24H25NO6. The fraction of sp³-hybridized carbons (Fsp3) is 0.292. The topological polar surface area (TPSA) is 84.0 Å². The summed E-state index contributed by atoms with van der Waals surface area (Å²) in [5.41, 5.74) is 2.26. The van der Waals surface area contributed by atoms with E-state index in [4.69, 9.17) is 18.9 Å². The second kappa shape index (κ2) is 10.4. The molecule has 0 atom stereocenters. The van der Waals surface area contributed by atoms with Gasteiger partial charge >= 0.3 is 11.9 Å². The van der Waals surface area contributed by atoms with Gasteiger partial charge in [0.15, 0.2) is 18.1 Å². The first-order chi connectivity index (χ1) is 15.1. The largest absolute Gasteiger partial charge is 0.493 e. The second-order valence-electron chi connectivity index (χ2n) is 6.79. The van der Waals surface area contributed by atoms with Crippen LogP contribution in [0.25, 0.3) is 22.2 Å². The van der Waals surface area contributed by atoms with Gasteiger partial charge in [-0.3, -0.25) is 0 Å². The van der Waals surface area contributed by atoms with E-state index in [1.54, 1.807) is 38.5 Å². The first-order valence-corrected chi connectivity index (χ1v) is 10.0. The lowest BCUT2D eigenvalue weighted by atomic mass is 10.0. The van der Waals surface area contributed by atoms with Crippen LogP contribution in [0, 0.1) is 0 Å². The quantitative estimate of drug-likeness (QED) is 0.372. The number of hydrogen-bond acceptors (Lipinski definition) is 7. The number of para-hydroxylation sites is 1. The fourth-order valence-corrected chi connectivity index (χ4v) is 3.06. The summed E-state index contributed by atoms with van der Waals surface area (Å²) in [6, 6.07) is 14.3. The number of carbonyl (C=O) groups is 2. The van der Waals surface area contributed by atoms with Gasteiger partial charge in [0.05, 0.1) is 37.6 Å². The zero-order valence-corrected chi connectivity index (χ0v) is 17.8. The summed E-state index contributed by atoms with van der Waals surface area (Å²) < 4.78 is 20.9. The zero-order valence-electron chi connectivity index (χ0n) is 17.8. The Bertz CT molecular complexity index is 1080. The van der Waals surface area contributed by atoms with Crippen molar-refractivity contribution in [2.45, 2.75) is 19.8 Å². The Morgan fingerprint density at radius 2 is 1.71 bits per heavy atom. The van der Waals surface area contributed by atoms with Crippen LogP contribution in [0.1, 0.15) is 30.1 Å². The maximum Gasteiger partial charge on any atom is 0.344 e. The standard InChI is InChI=1S/C24H25NO6/c1-4-5-12-30-23(26)15-31-24(27)18-14-20(25-19-9-7-6-8-17(18)19)16-10-11-21(28-2)22(13-16)29-3/h6-11,13-14H,4-5,12,15H2,1-3H3. The minimum Gasteiger partial charge on any atom is -0.493 e. The molecule has 0 unspecified atom stereocenters. The molecular weight excluding hydrogens is 398 g/mol. The predicted octanol–water partition coefficient (Wildman–Crippen LogP) is 4.42. The van der Waals surface area contributed by atoms with Gasteiger partial charge in [-0.25, -0.2) is 14.6 Å². The average molecular weight is 423 g/mol. The summed E-state index contributed by atoms with van der Waals surface area (Å²) in [5.74, 6) is -0.0461. The second-order valence-corrected chi connectivity index (χ2v) is 6.79. The van der Waals surface area contributed by atoms with Gasteiger partial charge in [-0.2, -0.15) is 0 Å². The number of unbranched alkanes of at least 4 members (excludes halogenated alkanes) is 1. The SMILES string of the molecule is CCCCOC(=O)COC(=O)c1cc(-c2ccc(OC)c(OC)c2)nc2ccccc12. The lowest BCUT2D eigenvalue weighted by molar-refractivity contribution is -0.147. The van der Waals surface area contributed by atoms with Crippen molar-refractivity contribution in [3.63, 3.8) is 0 Å². The molecule has 7 nitrogen and oxygen atoms in total. The Labute approximate surface area is 180 Å². The minimum absolute atomic E-state index is 0.314. The number of ether oxygens (including phenoxy) is 4. The number of rotatable bonds is 9. The van der Waals surface area contributed by atoms with Crippen LogP contribution in [0.15, 0.2) is 48.5 Å². The van der Waals surface area contributed by atoms with Crippen molar-refractivity contribution >= 4 is 22.8 Å². The van der Waals surface area contributed by atoms with E-state index in [9.17, 15) is 9.59 Å². The van der Waals surface area contributed by atoms with Gasteiger partial charge < -0.3 is 18.9 Å². The summed E-state index contributed by atoms with van der Waals surface area (Å²) in [7, 11) is 3.12. The van der Waals surface area contributed by atoms with Gasteiger partial charge in [0.2, 0.25) is 0 Å². The summed E-state index contributed by atoms with van der Waals surface area (Å²) in [6.07, 6.45) is 1.68. The van der Waals surface area contributed by atoms with Crippen LogP contribution < -0.4 is 9.47 Å². The third-order valence-electron chi connectivity index (χ3n) is 4.70. The molecule has 0 radical (unpaired) electrons. The molecule has 162 valence electrons. The van der Waals surface area contributed by atoms with E-state index < -0.39 is 18.5 Å². The van der Waals surface area contributed by atoms with Crippen molar-refractivity contribution in [3.05, 3.63) is 54.1 Å². The van der Waals surface area contributed by atoms with Crippen LogP contribution in [-0.2, 0) is 14.3 Å². The van der Waals surface area contributed by atoms with Crippen molar-refractivity contribution < 1.29 is 28.5 Å². The summed E-state index contributed by atoms with van der Waals surface area (Å²) in [5, 5.41) is 0.635. The summed E-state index contributed by atoms with van der Waals surface area (Å²) >= 11 is 0. The molecule has 0 saturated carbocycles. The number of benzene rings is 2. The van der Waals surface area contributed by atoms with Crippen LogP contribution in [0.2, 0.25) is 0 Å². The molecule has 1 aromatic heterocycles. The third-order valence-corrected chi connectivity index (χ3v) is 4.70. The highest BCUT2D eigenvalue weighted by Crippen LogP contribution is 2.33. The molecule has 0 aliphatic carbocycles. The normalized spacial score (nSPS) is 10.5. The van der Waals surface area contributed by atoms with E-state index >= 15 is 0 Å². The highest BCUT2D eigenvalue weighted by atomic mass is 16.6. The van der Waals surface area contributed by atoms with Gasteiger partial charge in [-0.1, -0.05) is 31.5 Å². The molecule has 2 aromatic carbocycles. The number of aromatic nitrogens is 1. The summed E-state index contributed by atoms with van der Waals surface area (Å²) in [4.78, 5) is 29.3. The number of fused-ring (bicyclic) bond motifs is 1. The minimum atomic E-state index is -0.618. The molecule has 3 rings (SSSR count). The first-order valence-electron chi connectivity index (χ1n) is 10.0. The lowest BCUT2D eigenvalue weighted by Gasteiger charge is -2.12. The van der Waals surface area contributed by atoms with Gasteiger partial charge in [0.25, 0.3) is 0 Å². The maximum absolute atomic E-state index is 12.8. The molecule has 1 heterocycles. The Balaban J connectivity index is 1.91. The third kappa shape index (κ3) is 5.31. The number of methoxy groups -OCH3 is 2. The van der Waals surface area contributed by atoms with Crippen molar-refractivity contribution in [2.24, 2.45) is 0 Å². The van der Waals surface area contributed by atoms with Gasteiger partial charge in [0, 0.05) is 10.9 Å². The Hall–Kier alpha value is -3.61.